The molecule has 1 aliphatic rings. The van der Waals surface area contributed by atoms with E-state index in [-0.39, 0.29) is 5.91 Å². The molecule has 1 amide bonds. The van der Waals surface area contributed by atoms with E-state index in [9.17, 15) is 4.79 Å². The fourth-order valence-electron chi connectivity index (χ4n) is 2.97. The molecule has 0 aliphatic carbocycles. The van der Waals surface area contributed by atoms with Crippen LogP contribution < -0.4 is 11.1 Å². The summed E-state index contributed by atoms with van der Waals surface area (Å²) in [4.78, 5) is 18.2. The van der Waals surface area contributed by atoms with Crippen molar-refractivity contribution >= 4 is 17.6 Å². The van der Waals surface area contributed by atoms with Crippen molar-refractivity contribution in [1.82, 2.24) is 4.90 Å². The lowest BCUT2D eigenvalue weighted by Gasteiger charge is -2.15. The second kappa shape index (κ2) is 8.56. The molecule has 126 valence electrons. The van der Waals surface area contributed by atoms with Gasteiger partial charge in [0.2, 0.25) is 5.91 Å². The van der Waals surface area contributed by atoms with Gasteiger partial charge < -0.3 is 16.0 Å². The second-order valence-electron chi connectivity index (χ2n) is 5.89. The van der Waals surface area contributed by atoms with Crippen LogP contribution in [-0.2, 0) is 17.6 Å². The van der Waals surface area contributed by atoms with E-state index in [0.29, 0.717) is 18.9 Å². The molecule has 1 aromatic carbocycles. The molecule has 5 nitrogen and oxygen atoms in total. The predicted octanol–water partition coefficient (Wildman–Crippen LogP) is 2.55. The summed E-state index contributed by atoms with van der Waals surface area (Å²) in [6.07, 6.45) is 4.55. The highest BCUT2D eigenvalue weighted by molar-refractivity contribution is 5.94. The number of hydrogen-bond donors (Lipinski definition) is 2. The first kappa shape index (κ1) is 17.3. The lowest BCUT2D eigenvalue weighted by Crippen LogP contribution is -2.29. The smallest absolute Gasteiger partial charge is 0.224 e. The predicted molar refractivity (Wildman–Crippen MR) is 95.7 cm³/mol. The maximum absolute atomic E-state index is 12.0. The molecule has 0 aromatic heterocycles. The Morgan fingerprint density at radius 2 is 1.83 bits per heavy atom. The Kier molecular flexibility index (Phi) is 6.44. The summed E-state index contributed by atoms with van der Waals surface area (Å²) in [5, 5.41) is 3.23. The summed E-state index contributed by atoms with van der Waals surface area (Å²) in [6.45, 7) is 6.47. The van der Waals surface area contributed by atoms with Crippen LogP contribution >= 0.6 is 0 Å². The van der Waals surface area contributed by atoms with Gasteiger partial charge in [-0.3, -0.25) is 9.79 Å². The fraction of sp³-hybridized carbons (Fsp3) is 0.556. The van der Waals surface area contributed by atoms with Crippen molar-refractivity contribution < 1.29 is 4.79 Å². The highest BCUT2D eigenvalue weighted by atomic mass is 16.2. The molecule has 23 heavy (non-hydrogen) atoms. The number of nitrogens with two attached hydrogens (primary N) is 1. The van der Waals surface area contributed by atoms with Gasteiger partial charge in [-0.15, -0.1) is 0 Å². The molecular formula is C18H28N4O. The number of aliphatic imine (C=N–C) groups is 1. The summed E-state index contributed by atoms with van der Waals surface area (Å²) in [5.74, 6) is 0.567. The largest absolute Gasteiger partial charge is 0.370 e. The summed E-state index contributed by atoms with van der Waals surface area (Å²) in [5.41, 5.74) is 9.53. The third-order valence-electron chi connectivity index (χ3n) is 4.32. The van der Waals surface area contributed by atoms with Crippen LogP contribution in [0.25, 0.3) is 0 Å². The molecule has 3 N–H and O–H groups in total. The molecule has 0 bridgehead atoms. The van der Waals surface area contributed by atoms with Crippen molar-refractivity contribution in [2.45, 2.75) is 46.0 Å². The zero-order chi connectivity index (χ0) is 16.7. The van der Waals surface area contributed by atoms with E-state index in [0.717, 1.165) is 44.5 Å². The third-order valence-corrected chi connectivity index (χ3v) is 4.32. The molecule has 2 rings (SSSR count). The number of guanidine groups is 1. The first-order valence-electron chi connectivity index (χ1n) is 8.61. The highest BCUT2D eigenvalue weighted by Crippen LogP contribution is 2.22. The van der Waals surface area contributed by atoms with Crippen molar-refractivity contribution in [1.29, 1.82) is 0 Å². The Labute approximate surface area is 139 Å². The Morgan fingerprint density at radius 1 is 1.22 bits per heavy atom. The van der Waals surface area contributed by atoms with Gasteiger partial charge in [-0.2, -0.15) is 0 Å². The number of amides is 1. The Balaban J connectivity index is 1.93. The van der Waals surface area contributed by atoms with Gasteiger partial charge in [0, 0.05) is 25.2 Å². The van der Waals surface area contributed by atoms with Crippen LogP contribution in [0.5, 0.6) is 0 Å². The van der Waals surface area contributed by atoms with E-state index in [2.05, 4.69) is 42.4 Å². The molecule has 1 aliphatic heterocycles. The van der Waals surface area contributed by atoms with E-state index in [4.69, 9.17) is 5.73 Å². The molecule has 1 heterocycles. The average Bonchev–Trinajstić information content (AvgIpc) is 3.09. The van der Waals surface area contributed by atoms with E-state index in [1.165, 1.54) is 11.1 Å². The molecule has 0 radical (unpaired) electrons. The zero-order valence-corrected chi connectivity index (χ0v) is 14.3. The van der Waals surface area contributed by atoms with Gasteiger partial charge in [0.15, 0.2) is 5.96 Å². The summed E-state index contributed by atoms with van der Waals surface area (Å²) < 4.78 is 0. The van der Waals surface area contributed by atoms with Crippen molar-refractivity contribution in [3.63, 3.8) is 0 Å². The number of benzene rings is 1. The molecule has 1 saturated heterocycles. The van der Waals surface area contributed by atoms with Crippen molar-refractivity contribution in [2.24, 2.45) is 10.7 Å². The lowest BCUT2D eigenvalue weighted by atomic mass is 10.0. The molecule has 0 unspecified atom stereocenters. The van der Waals surface area contributed by atoms with Gasteiger partial charge in [0.05, 0.1) is 6.54 Å². The number of nitrogens with zero attached hydrogens (tertiary/aromatic N) is 2. The molecule has 0 atom stereocenters. The van der Waals surface area contributed by atoms with Crippen molar-refractivity contribution in [3.8, 4) is 0 Å². The number of hydrogen-bond acceptors (Lipinski definition) is 2. The van der Waals surface area contributed by atoms with Crippen molar-refractivity contribution in [2.75, 3.05) is 25.0 Å². The molecule has 5 heteroatoms. The van der Waals surface area contributed by atoms with Crippen LogP contribution in [0.2, 0.25) is 0 Å². The van der Waals surface area contributed by atoms with Crippen LogP contribution in [0, 0.1) is 0 Å². The Morgan fingerprint density at radius 3 is 2.39 bits per heavy atom. The molecular weight excluding hydrogens is 288 g/mol. The van der Waals surface area contributed by atoms with Crippen LogP contribution in [0.4, 0.5) is 5.69 Å². The number of likely N-dealkylation sites (tertiary alicyclic amines) is 1. The minimum atomic E-state index is 0.183. The van der Waals surface area contributed by atoms with Crippen LogP contribution in [0.15, 0.2) is 23.2 Å². The van der Waals surface area contributed by atoms with Gasteiger partial charge in [-0.1, -0.05) is 32.0 Å². The zero-order valence-electron chi connectivity index (χ0n) is 14.3. The SMILES string of the molecule is CCc1cccc(CC)c1NC(N)=NCCC(=O)N1CCCC1. The minimum Gasteiger partial charge on any atom is -0.370 e. The number of para-hydroxylation sites is 1. The maximum atomic E-state index is 12.0. The monoisotopic (exact) mass is 316 g/mol. The number of aryl methyl sites for hydroxylation is 2. The normalized spacial score (nSPS) is 15.0. The van der Waals surface area contributed by atoms with Gasteiger partial charge in [0.25, 0.3) is 0 Å². The van der Waals surface area contributed by atoms with Gasteiger partial charge in [-0.25, -0.2) is 0 Å². The first-order chi connectivity index (χ1) is 11.2. The van der Waals surface area contributed by atoms with Crippen molar-refractivity contribution in [3.05, 3.63) is 29.3 Å². The first-order valence-corrected chi connectivity index (χ1v) is 8.61. The van der Waals surface area contributed by atoms with Crippen LogP contribution in [-0.4, -0.2) is 36.4 Å². The highest BCUT2D eigenvalue weighted by Gasteiger charge is 2.17. The number of rotatable bonds is 6. The summed E-state index contributed by atoms with van der Waals surface area (Å²) in [6, 6.07) is 6.28. The topological polar surface area (TPSA) is 70.7 Å². The van der Waals surface area contributed by atoms with Crippen LogP contribution in [0.3, 0.4) is 0 Å². The molecule has 1 fully saturated rings. The van der Waals surface area contributed by atoms with E-state index >= 15 is 0 Å². The minimum absolute atomic E-state index is 0.183. The van der Waals surface area contributed by atoms with E-state index in [1.807, 2.05) is 4.90 Å². The summed E-state index contributed by atoms with van der Waals surface area (Å²) >= 11 is 0. The van der Waals surface area contributed by atoms with E-state index < -0.39 is 0 Å². The average molecular weight is 316 g/mol. The quantitative estimate of drug-likeness (QED) is 0.626. The summed E-state index contributed by atoms with van der Waals surface area (Å²) in [7, 11) is 0. The molecule has 0 saturated carbocycles. The number of carbonyl (C=O) groups excluding carboxylic acids is 1. The Hall–Kier alpha value is -2.04. The number of nitrogens with one attached hydrogen (secondary N) is 1. The van der Waals surface area contributed by atoms with Gasteiger partial charge >= 0.3 is 0 Å². The van der Waals surface area contributed by atoms with E-state index in [1.54, 1.807) is 0 Å². The Bertz CT molecular complexity index is 540. The lowest BCUT2D eigenvalue weighted by molar-refractivity contribution is -0.129. The molecule has 0 spiro atoms. The van der Waals surface area contributed by atoms with Gasteiger partial charge in [0.1, 0.15) is 0 Å². The standard InChI is InChI=1S/C18H28N4O/c1-3-14-8-7-9-15(4-2)17(14)21-18(19)20-11-10-16(23)22-12-5-6-13-22/h7-9H,3-6,10-13H2,1-2H3,(H3,19,20,21). The fourth-order valence-corrected chi connectivity index (χ4v) is 2.97. The second-order valence-corrected chi connectivity index (χ2v) is 5.89. The van der Waals surface area contributed by atoms with Gasteiger partial charge in [-0.05, 0) is 36.8 Å². The van der Waals surface area contributed by atoms with Crippen LogP contribution in [0.1, 0.15) is 44.2 Å². The third kappa shape index (κ3) is 4.71. The molecule has 1 aromatic rings. The number of anilines is 1. The maximum Gasteiger partial charge on any atom is 0.224 e. The number of carbonyl (C=O) groups is 1.